The van der Waals surface area contributed by atoms with Gasteiger partial charge in [-0.2, -0.15) is 0 Å². The lowest BCUT2D eigenvalue weighted by Crippen LogP contribution is -2.27. The molecule has 1 fully saturated rings. The van der Waals surface area contributed by atoms with E-state index in [1.54, 1.807) is 12.5 Å². The third-order valence-corrected chi connectivity index (χ3v) is 3.43. The van der Waals surface area contributed by atoms with Crippen molar-refractivity contribution in [1.29, 1.82) is 0 Å². The van der Waals surface area contributed by atoms with Crippen LogP contribution >= 0.6 is 0 Å². The maximum atomic E-state index is 4.38. The van der Waals surface area contributed by atoms with Crippen molar-refractivity contribution in [3.63, 3.8) is 0 Å². The third kappa shape index (κ3) is 2.84. The molecular formula is C14H18N6. The standard InChI is InChI=1S/C14H18N6/c1-10-3-5-15-14(18-10)19-12-4-6-20(8-12)13-7-11(2)16-9-17-13/h3,5,7,9,12H,4,6,8H2,1-2H3,(H,15,18,19). The third-order valence-electron chi connectivity index (χ3n) is 3.43. The van der Waals surface area contributed by atoms with Gasteiger partial charge in [0.2, 0.25) is 5.95 Å². The predicted octanol–water partition coefficient (Wildman–Crippen LogP) is 1.57. The average Bonchev–Trinajstić information content (AvgIpc) is 2.87. The van der Waals surface area contributed by atoms with Gasteiger partial charge < -0.3 is 10.2 Å². The molecule has 3 heterocycles. The summed E-state index contributed by atoms with van der Waals surface area (Å²) in [6.45, 7) is 5.85. The Bertz CT molecular complexity index is 600. The fourth-order valence-electron chi connectivity index (χ4n) is 2.40. The maximum absolute atomic E-state index is 4.38. The van der Waals surface area contributed by atoms with Crippen LogP contribution in [0.5, 0.6) is 0 Å². The van der Waals surface area contributed by atoms with E-state index < -0.39 is 0 Å². The van der Waals surface area contributed by atoms with Gasteiger partial charge in [-0.05, 0) is 26.3 Å². The molecule has 1 saturated heterocycles. The molecule has 1 unspecified atom stereocenters. The van der Waals surface area contributed by atoms with Crippen molar-refractivity contribution >= 4 is 11.8 Å². The van der Waals surface area contributed by atoms with Crippen LogP contribution in [0.1, 0.15) is 17.8 Å². The zero-order valence-electron chi connectivity index (χ0n) is 11.7. The normalized spacial score (nSPS) is 18.3. The quantitative estimate of drug-likeness (QED) is 0.913. The molecule has 20 heavy (non-hydrogen) atoms. The van der Waals surface area contributed by atoms with Crippen molar-refractivity contribution in [2.24, 2.45) is 0 Å². The van der Waals surface area contributed by atoms with Crippen molar-refractivity contribution in [2.45, 2.75) is 26.3 Å². The molecule has 6 heteroatoms. The van der Waals surface area contributed by atoms with Gasteiger partial charge in [0.05, 0.1) is 0 Å². The van der Waals surface area contributed by atoms with E-state index in [0.717, 1.165) is 36.7 Å². The zero-order chi connectivity index (χ0) is 13.9. The van der Waals surface area contributed by atoms with Crippen molar-refractivity contribution in [3.05, 3.63) is 36.0 Å². The average molecular weight is 270 g/mol. The van der Waals surface area contributed by atoms with Gasteiger partial charge in [0.1, 0.15) is 12.1 Å². The van der Waals surface area contributed by atoms with E-state index in [-0.39, 0.29) is 0 Å². The summed E-state index contributed by atoms with van der Waals surface area (Å²) in [6, 6.07) is 4.27. The first-order valence-corrected chi connectivity index (χ1v) is 6.80. The molecule has 2 aromatic heterocycles. The second-order valence-electron chi connectivity index (χ2n) is 5.12. The van der Waals surface area contributed by atoms with E-state index in [2.05, 4.69) is 30.2 Å². The first-order valence-electron chi connectivity index (χ1n) is 6.80. The largest absolute Gasteiger partial charge is 0.354 e. The van der Waals surface area contributed by atoms with Crippen LogP contribution in [0, 0.1) is 13.8 Å². The highest BCUT2D eigenvalue weighted by molar-refractivity contribution is 5.42. The van der Waals surface area contributed by atoms with Crippen molar-refractivity contribution in [2.75, 3.05) is 23.3 Å². The summed E-state index contributed by atoms with van der Waals surface area (Å²) in [5.74, 6) is 1.70. The Morgan fingerprint density at radius 2 is 2.10 bits per heavy atom. The van der Waals surface area contributed by atoms with Crippen molar-refractivity contribution in [1.82, 2.24) is 19.9 Å². The van der Waals surface area contributed by atoms with Gasteiger partial charge in [-0.15, -0.1) is 0 Å². The van der Waals surface area contributed by atoms with Gasteiger partial charge in [0.15, 0.2) is 0 Å². The maximum Gasteiger partial charge on any atom is 0.223 e. The highest BCUT2D eigenvalue weighted by Crippen LogP contribution is 2.19. The van der Waals surface area contributed by atoms with E-state index >= 15 is 0 Å². The Hall–Kier alpha value is -2.24. The molecule has 1 N–H and O–H groups in total. The fourth-order valence-corrected chi connectivity index (χ4v) is 2.40. The number of rotatable bonds is 3. The molecule has 0 amide bonds. The van der Waals surface area contributed by atoms with E-state index in [0.29, 0.717) is 12.0 Å². The van der Waals surface area contributed by atoms with Gasteiger partial charge in [-0.1, -0.05) is 0 Å². The second kappa shape index (κ2) is 5.40. The highest BCUT2D eigenvalue weighted by atomic mass is 15.3. The van der Waals surface area contributed by atoms with Crippen LogP contribution in [0.15, 0.2) is 24.7 Å². The van der Waals surface area contributed by atoms with E-state index in [9.17, 15) is 0 Å². The van der Waals surface area contributed by atoms with Gasteiger partial charge in [-0.25, -0.2) is 19.9 Å². The first-order chi connectivity index (χ1) is 9.70. The Balaban J connectivity index is 1.65. The molecule has 0 aromatic carbocycles. The predicted molar refractivity (Wildman–Crippen MR) is 77.8 cm³/mol. The van der Waals surface area contributed by atoms with Gasteiger partial charge in [0, 0.05) is 42.8 Å². The lowest BCUT2D eigenvalue weighted by molar-refractivity contribution is 0.789. The Morgan fingerprint density at radius 3 is 2.90 bits per heavy atom. The monoisotopic (exact) mass is 270 g/mol. The molecule has 0 saturated carbocycles. The lowest BCUT2D eigenvalue weighted by Gasteiger charge is -2.18. The zero-order valence-corrected chi connectivity index (χ0v) is 11.7. The molecule has 0 aliphatic carbocycles. The molecule has 0 spiro atoms. The molecule has 6 nitrogen and oxygen atoms in total. The second-order valence-corrected chi connectivity index (χ2v) is 5.12. The highest BCUT2D eigenvalue weighted by Gasteiger charge is 2.24. The minimum atomic E-state index is 0.354. The number of aromatic nitrogens is 4. The number of aryl methyl sites for hydroxylation is 2. The molecule has 104 valence electrons. The van der Waals surface area contributed by atoms with Crippen LogP contribution in [-0.4, -0.2) is 39.1 Å². The molecule has 1 atom stereocenters. The molecule has 0 radical (unpaired) electrons. The molecular weight excluding hydrogens is 252 g/mol. The first kappa shape index (κ1) is 12.8. The van der Waals surface area contributed by atoms with Crippen molar-refractivity contribution in [3.8, 4) is 0 Å². The molecule has 2 aromatic rings. The summed E-state index contributed by atoms with van der Waals surface area (Å²) >= 11 is 0. The van der Waals surface area contributed by atoms with Crippen LogP contribution in [0.2, 0.25) is 0 Å². The van der Waals surface area contributed by atoms with Gasteiger partial charge in [0.25, 0.3) is 0 Å². The summed E-state index contributed by atoms with van der Waals surface area (Å²) in [5, 5.41) is 3.39. The summed E-state index contributed by atoms with van der Waals surface area (Å²) in [7, 11) is 0. The minimum Gasteiger partial charge on any atom is -0.354 e. The summed E-state index contributed by atoms with van der Waals surface area (Å²) in [4.78, 5) is 19.4. The van der Waals surface area contributed by atoms with Crippen LogP contribution in [-0.2, 0) is 0 Å². The Kier molecular flexibility index (Phi) is 3.45. The van der Waals surface area contributed by atoms with Crippen LogP contribution in [0.3, 0.4) is 0 Å². The number of anilines is 2. The van der Waals surface area contributed by atoms with Crippen LogP contribution < -0.4 is 10.2 Å². The van der Waals surface area contributed by atoms with Gasteiger partial charge in [-0.3, -0.25) is 0 Å². The molecule has 1 aliphatic heterocycles. The molecule has 1 aliphatic rings. The van der Waals surface area contributed by atoms with E-state index in [4.69, 9.17) is 0 Å². The van der Waals surface area contributed by atoms with Crippen LogP contribution in [0.25, 0.3) is 0 Å². The minimum absolute atomic E-state index is 0.354. The topological polar surface area (TPSA) is 66.8 Å². The smallest absolute Gasteiger partial charge is 0.223 e. The molecule has 3 rings (SSSR count). The summed E-state index contributed by atoms with van der Waals surface area (Å²) < 4.78 is 0. The summed E-state index contributed by atoms with van der Waals surface area (Å²) in [5.41, 5.74) is 1.97. The number of hydrogen-bond donors (Lipinski definition) is 1. The fraction of sp³-hybridized carbons (Fsp3) is 0.429. The Labute approximate surface area is 118 Å². The SMILES string of the molecule is Cc1cc(N2CCC(Nc3nccc(C)n3)C2)ncn1. The number of nitrogens with zero attached hydrogens (tertiary/aromatic N) is 5. The van der Waals surface area contributed by atoms with E-state index in [1.807, 2.05) is 26.0 Å². The van der Waals surface area contributed by atoms with Crippen LogP contribution in [0.4, 0.5) is 11.8 Å². The lowest BCUT2D eigenvalue weighted by atomic mass is 10.3. The van der Waals surface area contributed by atoms with Gasteiger partial charge >= 0.3 is 0 Å². The van der Waals surface area contributed by atoms with E-state index in [1.165, 1.54) is 0 Å². The summed E-state index contributed by atoms with van der Waals surface area (Å²) in [6.07, 6.45) is 4.46. The number of nitrogens with one attached hydrogen (secondary N) is 1. The molecule has 0 bridgehead atoms. The Morgan fingerprint density at radius 1 is 1.20 bits per heavy atom. The number of hydrogen-bond acceptors (Lipinski definition) is 6. The van der Waals surface area contributed by atoms with Crippen molar-refractivity contribution < 1.29 is 0 Å².